The largest absolute Gasteiger partial charge is 0.369 e. The summed E-state index contributed by atoms with van der Waals surface area (Å²) in [5.74, 6) is -0.388. The smallest absolute Gasteiger partial charge is 0.223 e. The molecule has 0 radical (unpaired) electrons. The third-order valence-electron chi connectivity index (χ3n) is 0.983. The van der Waals surface area contributed by atoms with Crippen molar-refractivity contribution in [3.05, 3.63) is 24.0 Å². The van der Waals surface area contributed by atoms with Gasteiger partial charge in [0.1, 0.15) is 0 Å². The summed E-state index contributed by atoms with van der Waals surface area (Å²) in [6, 6.07) is 3.42. The third kappa shape index (κ3) is 1.81. The van der Waals surface area contributed by atoms with E-state index in [1.165, 1.54) is 0 Å². The van der Waals surface area contributed by atoms with E-state index in [0.29, 0.717) is 5.69 Å². The van der Waals surface area contributed by atoms with E-state index >= 15 is 0 Å². The highest BCUT2D eigenvalue weighted by Gasteiger charge is 1.96. The maximum Gasteiger partial charge on any atom is 0.223 e. The van der Waals surface area contributed by atoms with Gasteiger partial charge in [0.05, 0.1) is 12.1 Å². The zero-order valence-corrected chi connectivity index (χ0v) is 5.32. The van der Waals surface area contributed by atoms with E-state index in [4.69, 9.17) is 5.73 Å². The fraction of sp³-hybridized carbons (Fsp3) is 0.167. The van der Waals surface area contributed by atoms with Crippen molar-refractivity contribution in [3.63, 3.8) is 0 Å². The van der Waals surface area contributed by atoms with E-state index in [1.54, 1.807) is 18.3 Å². The summed E-state index contributed by atoms with van der Waals surface area (Å²) in [5, 5.41) is 7.25. The van der Waals surface area contributed by atoms with Gasteiger partial charge in [0, 0.05) is 6.20 Å². The van der Waals surface area contributed by atoms with Gasteiger partial charge in [-0.3, -0.25) is 4.79 Å². The minimum absolute atomic E-state index is 0.161. The first-order valence-electron chi connectivity index (χ1n) is 2.84. The quantitative estimate of drug-likeness (QED) is 0.597. The lowest BCUT2D eigenvalue weighted by Gasteiger charge is -1.91. The van der Waals surface area contributed by atoms with E-state index in [1.807, 2.05) is 0 Å². The number of hydrogen-bond acceptors (Lipinski definition) is 3. The Labute approximate surface area is 58.1 Å². The molecule has 10 heavy (non-hydrogen) atoms. The van der Waals surface area contributed by atoms with Crippen LogP contribution in [-0.4, -0.2) is 16.1 Å². The average molecular weight is 137 g/mol. The van der Waals surface area contributed by atoms with Crippen molar-refractivity contribution >= 4 is 5.91 Å². The fourth-order valence-corrected chi connectivity index (χ4v) is 0.606. The molecular formula is C6H7N3O. The lowest BCUT2D eigenvalue weighted by atomic mass is 10.3. The average Bonchev–Trinajstić information content (AvgIpc) is 1.88. The third-order valence-corrected chi connectivity index (χ3v) is 0.983. The first-order chi connectivity index (χ1) is 4.79. The number of hydrogen-bond donors (Lipinski definition) is 1. The maximum atomic E-state index is 10.3. The Morgan fingerprint density at radius 2 is 2.50 bits per heavy atom. The van der Waals surface area contributed by atoms with Crippen molar-refractivity contribution in [2.75, 3.05) is 0 Å². The minimum atomic E-state index is -0.388. The molecule has 1 aromatic heterocycles. The summed E-state index contributed by atoms with van der Waals surface area (Å²) in [7, 11) is 0. The van der Waals surface area contributed by atoms with Gasteiger partial charge >= 0.3 is 0 Å². The standard InChI is InChI=1S/C6H7N3O/c7-6(10)4-5-2-1-3-8-9-5/h1-3H,4H2,(H2,7,10). The second kappa shape index (κ2) is 2.91. The van der Waals surface area contributed by atoms with Crippen LogP contribution >= 0.6 is 0 Å². The van der Waals surface area contributed by atoms with Crippen molar-refractivity contribution in [3.8, 4) is 0 Å². The van der Waals surface area contributed by atoms with Crippen LogP contribution in [0.5, 0.6) is 0 Å². The minimum Gasteiger partial charge on any atom is -0.369 e. The highest BCUT2D eigenvalue weighted by molar-refractivity contribution is 5.75. The van der Waals surface area contributed by atoms with E-state index in [2.05, 4.69) is 10.2 Å². The number of primary amides is 1. The molecule has 0 aliphatic heterocycles. The van der Waals surface area contributed by atoms with Crippen LogP contribution in [0.4, 0.5) is 0 Å². The SMILES string of the molecule is NC(=O)Cc1cccnn1. The number of carbonyl (C=O) groups is 1. The van der Waals surface area contributed by atoms with Crippen molar-refractivity contribution in [2.24, 2.45) is 5.73 Å². The summed E-state index contributed by atoms with van der Waals surface area (Å²) in [6.45, 7) is 0. The zero-order valence-electron chi connectivity index (χ0n) is 5.32. The number of aromatic nitrogens is 2. The Balaban J connectivity index is 2.67. The Morgan fingerprint density at radius 1 is 1.70 bits per heavy atom. The monoisotopic (exact) mass is 137 g/mol. The van der Waals surface area contributed by atoms with Crippen LogP contribution < -0.4 is 5.73 Å². The number of amides is 1. The topological polar surface area (TPSA) is 68.9 Å². The summed E-state index contributed by atoms with van der Waals surface area (Å²) >= 11 is 0. The molecule has 1 rings (SSSR count). The molecule has 52 valence electrons. The second-order valence-corrected chi connectivity index (χ2v) is 1.86. The van der Waals surface area contributed by atoms with Gasteiger partial charge in [-0.2, -0.15) is 10.2 Å². The lowest BCUT2D eigenvalue weighted by Crippen LogP contribution is -2.14. The fourth-order valence-electron chi connectivity index (χ4n) is 0.606. The molecule has 1 heterocycles. The van der Waals surface area contributed by atoms with Gasteiger partial charge in [0.2, 0.25) is 5.91 Å². The zero-order chi connectivity index (χ0) is 7.40. The van der Waals surface area contributed by atoms with Crippen molar-refractivity contribution in [1.82, 2.24) is 10.2 Å². The Hall–Kier alpha value is -1.45. The van der Waals surface area contributed by atoms with Crippen molar-refractivity contribution in [1.29, 1.82) is 0 Å². The van der Waals surface area contributed by atoms with E-state index in [-0.39, 0.29) is 12.3 Å². The summed E-state index contributed by atoms with van der Waals surface area (Å²) < 4.78 is 0. The van der Waals surface area contributed by atoms with Crippen LogP contribution in [0.3, 0.4) is 0 Å². The lowest BCUT2D eigenvalue weighted by molar-refractivity contribution is -0.117. The van der Waals surface area contributed by atoms with Gasteiger partial charge in [-0.25, -0.2) is 0 Å². The predicted octanol–water partition coefficient (Wildman–Crippen LogP) is -0.496. The molecule has 1 amide bonds. The van der Waals surface area contributed by atoms with E-state index in [9.17, 15) is 4.79 Å². The second-order valence-electron chi connectivity index (χ2n) is 1.86. The molecule has 0 aliphatic carbocycles. The van der Waals surface area contributed by atoms with Crippen LogP contribution in [0, 0.1) is 0 Å². The molecule has 4 heteroatoms. The Bertz CT molecular complexity index is 222. The molecule has 0 bridgehead atoms. The molecule has 0 spiro atoms. The number of carbonyl (C=O) groups excluding carboxylic acids is 1. The molecule has 0 saturated carbocycles. The molecule has 0 atom stereocenters. The number of nitrogens with two attached hydrogens (primary N) is 1. The van der Waals surface area contributed by atoms with Crippen LogP contribution in [0.2, 0.25) is 0 Å². The van der Waals surface area contributed by atoms with Gasteiger partial charge in [-0.05, 0) is 12.1 Å². The molecule has 4 nitrogen and oxygen atoms in total. The first kappa shape index (κ1) is 6.67. The van der Waals surface area contributed by atoms with Gasteiger partial charge < -0.3 is 5.73 Å². The van der Waals surface area contributed by atoms with Gasteiger partial charge in [0.15, 0.2) is 0 Å². The summed E-state index contributed by atoms with van der Waals surface area (Å²) in [6.07, 6.45) is 1.71. The molecule has 0 aromatic carbocycles. The number of rotatable bonds is 2. The highest BCUT2D eigenvalue weighted by Crippen LogP contribution is 1.90. The first-order valence-corrected chi connectivity index (χ1v) is 2.84. The van der Waals surface area contributed by atoms with Crippen molar-refractivity contribution in [2.45, 2.75) is 6.42 Å². The molecule has 0 fully saturated rings. The van der Waals surface area contributed by atoms with E-state index < -0.39 is 0 Å². The molecule has 0 aliphatic rings. The Kier molecular flexibility index (Phi) is 1.94. The van der Waals surface area contributed by atoms with Crippen LogP contribution in [0.1, 0.15) is 5.69 Å². The summed E-state index contributed by atoms with van der Waals surface area (Å²) in [4.78, 5) is 10.3. The molecule has 0 saturated heterocycles. The maximum absolute atomic E-state index is 10.3. The molecule has 2 N–H and O–H groups in total. The van der Waals surface area contributed by atoms with Gasteiger partial charge in [0.25, 0.3) is 0 Å². The van der Waals surface area contributed by atoms with E-state index in [0.717, 1.165) is 0 Å². The molecule has 1 aromatic rings. The summed E-state index contributed by atoms with van der Waals surface area (Å²) in [5.41, 5.74) is 5.52. The highest BCUT2D eigenvalue weighted by atomic mass is 16.1. The van der Waals surface area contributed by atoms with Crippen molar-refractivity contribution < 1.29 is 4.79 Å². The molecule has 0 unspecified atom stereocenters. The van der Waals surface area contributed by atoms with Crippen LogP contribution in [0.25, 0.3) is 0 Å². The van der Waals surface area contributed by atoms with Gasteiger partial charge in [-0.15, -0.1) is 0 Å². The van der Waals surface area contributed by atoms with Crippen LogP contribution in [-0.2, 0) is 11.2 Å². The molecular weight excluding hydrogens is 130 g/mol. The van der Waals surface area contributed by atoms with Crippen LogP contribution in [0.15, 0.2) is 18.3 Å². The predicted molar refractivity (Wildman–Crippen MR) is 34.9 cm³/mol. The van der Waals surface area contributed by atoms with Gasteiger partial charge in [-0.1, -0.05) is 0 Å². The Morgan fingerprint density at radius 3 is 3.00 bits per heavy atom. The normalized spacial score (nSPS) is 9.20. The number of nitrogens with zero attached hydrogens (tertiary/aromatic N) is 2.